The molecule has 1 N–H and O–H groups in total. The number of nitrogens with zero attached hydrogens (tertiary/aromatic N) is 2. The monoisotopic (exact) mass is 385 g/mol. The third kappa shape index (κ3) is 4.18. The maximum atomic E-state index is 12.8. The molecule has 2 atom stereocenters. The summed E-state index contributed by atoms with van der Waals surface area (Å²) in [4.78, 5) is 18.8. The van der Waals surface area contributed by atoms with Gasteiger partial charge in [-0.15, -0.1) is 11.3 Å². The Kier molecular flexibility index (Phi) is 5.76. The van der Waals surface area contributed by atoms with E-state index in [9.17, 15) is 4.79 Å². The molecule has 2 aliphatic heterocycles. The first-order valence-electron chi connectivity index (χ1n) is 9.75. The number of anilines is 2. The summed E-state index contributed by atoms with van der Waals surface area (Å²) in [5, 5.41) is 5.21. The van der Waals surface area contributed by atoms with Crippen molar-refractivity contribution in [1.29, 1.82) is 0 Å². The molecule has 1 amide bonds. The lowest BCUT2D eigenvalue weighted by atomic mass is 10.1. The van der Waals surface area contributed by atoms with Crippen molar-refractivity contribution in [1.82, 2.24) is 4.90 Å². The average Bonchev–Trinajstić information content (AvgIpc) is 3.40. The molecule has 3 heterocycles. The second-order valence-corrected chi connectivity index (χ2v) is 8.20. The molecule has 2 saturated heterocycles. The minimum atomic E-state index is -0.140. The van der Waals surface area contributed by atoms with E-state index in [1.807, 2.05) is 19.1 Å². The molecule has 0 aliphatic carbocycles. The maximum Gasteiger partial charge on any atom is 0.241 e. The number of nitrogens with one attached hydrogen (secondary N) is 1. The molecule has 6 heteroatoms. The largest absolute Gasteiger partial charge is 0.378 e. The standard InChI is InChI=1S/C21H27N3O2S/c1-16(24-10-2-4-19(24)20-5-3-15-27-20)21(25)22-17-6-8-18(9-7-17)23-11-13-26-14-12-23/h3,5-9,15-16,19H,2,4,10-14H2,1H3,(H,22,25)/t16-,19-/m0/s1. The van der Waals surface area contributed by atoms with E-state index in [2.05, 4.69) is 44.8 Å². The zero-order chi connectivity index (χ0) is 18.6. The Bertz CT molecular complexity index is 741. The summed E-state index contributed by atoms with van der Waals surface area (Å²) >= 11 is 1.79. The fraction of sp³-hybridized carbons (Fsp3) is 0.476. The predicted molar refractivity (Wildman–Crippen MR) is 111 cm³/mol. The number of rotatable bonds is 5. The van der Waals surface area contributed by atoms with Gasteiger partial charge in [0.15, 0.2) is 0 Å². The van der Waals surface area contributed by atoms with Crippen molar-refractivity contribution in [3.63, 3.8) is 0 Å². The van der Waals surface area contributed by atoms with Crippen LogP contribution in [0.15, 0.2) is 41.8 Å². The zero-order valence-electron chi connectivity index (χ0n) is 15.8. The van der Waals surface area contributed by atoms with E-state index in [1.165, 1.54) is 10.6 Å². The highest BCUT2D eigenvalue weighted by atomic mass is 32.1. The molecule has 2 aliphatic rings. The lowest BCUT2D eigenvalue weighted by Crippen LogP contribution is -2.41. The summed E-state index contributed by atoms with van der Waals surface area (Å²) in [5.41, 5.74) is 2.04. The second-order valence-electron chi connectivity index (χ2n) is 7.22. The van der Waals surface area contributed by atoms with Gasteiger partial charge in [0, 0.05) is 35.4 Å². The highest BCUT2D eigenvalue weighted by Gasteiger charge is 2.33. The van der Waals surface area contributed by atoms with Gasteiger partial charge in [-0.3, -0.25) is 9.69 Å². The number of likely N-dealkylation sites (tertiary alicyclic amines) is 1. The van der Waals surface area contributed by atoms with Gasteiger partial charge in [-0.2, -0.15) is 0 Å². The Morgan fingerprint density at radius 3 is 2.67 bits per heavy atom. The van der Waals surface area contributed by atoms with E-state index < -0.39 is 0 Å². The van der Waals surface area contributed by atoms with E-state index in [-0.39, 0.29) is 11.9 Å². The van der Waals surface area contributed by atoms with Gasteiger partial charge in [0.05, 0.1) is 19.3 Å². The number of hydrogen-bond donors (Lipinski definition) is 1. The van der Waals surface area contributed by atoms with Crippen molar-refractivity contribution in [2.24, 2.45) is 0 Å². The molecule has 0 bridgehead atoms. The number of ether oxygens (including phenoxy) is 1. The van der Waals surface area contributed by atoms with E-state index >= 15 is 0 Å². The van der Waals surface area contributed by atoms with Gasteiger partial charge in [0.2, 0.25) is 5.91 Å². The first-order valence-corrected chi connectivity index (χ1v) is 10.6. The number of hydrogen-bond acceptors (Lipinski definition) is 5. The van der Waals surface area contributed by atoms with Crippen molar-refractivity contribution in [3.8, 4) is 0 Å². The second kappa shape index (κ2) is 8.42. The Morgan fingerprint density at radius 2 is 1.96 bits per heavy atom. The van der Waals surface area contributed by atoms with Crippen LogP contribution in [0.1, 0.15) is 30.7 Å². The van der Waals surface area contributed by atoms with Crippen LogP contribution in [-0.4, -0.2) is 49.7 Å². The van der Waals surface area contributed by atoms with E-state index in [0.29, 0.717) is 6.04 Å². The number of thiophene rings is 1. The highest BCUT2D eigenvalue weighted by Crippen LogP contribution is 2.36. The van der Waals surface area contributed by atoms with Crippen LogP contribution in [0.2, 0.25) is 0 Å². The van der Waals surface area contributed by atoms with Crippen molar-refractivity contribution in [2.45, 2.75) is 31.8 Å². The summed E-state index contributed by atoms with van der Waals surface area (Å²) in [6.07, 6.45) is 2.28. The normalized spacial score (nSPS) is 22.0. The molecule has 0 radical (unpaired) electrons. The van der Waals surface area contributed by atoms with Crippen molar-refractivity contribution in [3.05, 3.63) is 46.7 Å². The summed E-state index contributed by atoms with van der Waals surface area (Å²) in [5.74, 6) is 0.0672. The Balaban J connectivity index is 1.38. The van der Waals surface area contributed by atoms with E-state index in [4.69, 9.17) is 4.74 Å². The van der Waals surface area contributed by atoms with Crippen molar-refractivity contribution in [2.75, 3.05) is 43.1 Å². The number of morpholine rings is 1. The number of amides is 1. The quantitative estimate of drug-likeness (QED) is 0.851. The molecule has 1 aromatic carbocycles. The fourth-order valence-electron chi connectivity index (χ4n) is 4.01. The third-order valence-electron chi connectivity index (χ3n) is 5.55. The molecule has 144 valence electrons. The van der Waals surface area contributed by atoms with Crippen LogP contribution in [0.25, 0.3) is 0 Å². The molecule has 1 aromatic heterocycles. The first-order chi connectivity index (χ1) is 13.2. The first kappa shape index (κ1) is 18.5. The number of carbonyl (C=O) groups is 1. The predicted octanol–water partition coefficient (Wildman–Crippen LogP) is 3.75. The van der Waals surface area contributed by atoms with Crippen LogP contribution in [0.3, 0.4) is 0 Å². The van der Waals surface area contributed by atoms with Crippen LogP contribution in [-0.2, 0) is 9.53 Å². The molecule has 2 fully saturated rings. The van der Waals surface area contributed by atoms with Gasteiger partial charge >= 0.3 is 0 Å². The van der Waals surface area contributed by atoms with Gasteiger partial charge in [-0.25, -0.2) is 0 Å². The fourth-order valence-corrected chi connectivity index (χ4v) is 4.90. The SMILES string of the molecule is C[C@@H](C(=O)Nc1ccc(N2CCOCC2)cc1)N1CCC[C@H]1c1cccs1. The molecule has 5 nitrogen and oxygen atoms in total. The third-order valence-corrected chi connectivity index (χ3v) is 6.53. The van der Waals surface area contributed by atoms with Crippen molar-refractivity contribution >= 4 is 28.6 Å². The zero-order valence-corrected chi connectivity index (χ0v) is 16.6. The molecule has 0 unspecified atom stereocenters. The van der Waals surface area contributed by atoms with E-state index in [0.717, 1.165) is 51.4 Å². The molecule has 2 aromatic rings. The topological polar surface area (TPSA) is 44.8 Å². The summed E-state index contributed by atoms with van der Waals surface area (Å²) in [7, 11) is 0. The molecule has 0 spiro atoms. The molecular weight excluding hydrogens is 358 g/mol. The Morgan fingerprint density at radius 1 is 1.19 bits per heavy atom. The van der Waals surface area contributed by atoms with Gasteiger partial charge in [0.25, 0.3) is 0 Å². The summed E-state index contributed by atoms with van der Waals surface area (Å²) < 4.78 is 5.41. The molecular formula is C21H27N3O2S. The lowest BCUT2D eigenvalue weighted by molar-refractivity contribution is -0.121. The maximum absolute atomic E-state index is 12.8. The molecule has 4 rings (SSSR count). The van der Waals surface area contributed by atoms with Crippen LogP contribution < -0.4 is 10.2 Å². The van der Waals surface area contributed by atoms with Crippen LogP contribution in [0.5, 0.6) is 0 Å². The van der Waals surface area contributed by atoms with Gasteiger partial charge < -0.3 is 15.0 Å². The highest BCUT2D eigenvalue weighted by molar-refractivity contribution is 7.10. The Labute approximate surface area is 164 Å². The van der Waals surface area contributed by atoms with Gasteiger partial charge in [0.1, 0.15) is 0 Å². The lowest BCUT2D eigenvalue weighted by Gasteiger charge is -2.30. The van der Waals surface area contributed by atoms with Crippen LogP contribution in [0, 0.1) is 0 Å². The molecule has 0 saturated carbocycles. The van der Waals surface area contributed by atoms with Gasteiger partial charge in [-0.1, -0.05) is 6.07 Å². The smallest absolute Gasteiger partial charge is 0.241 e. The van der Waals surface area contributed by atoms with Crippen LogP contribution >= 0.6 is 11.3 Å². The summed E-state index contributed by atoms with van der Waals surface area (Å²) in [6, 6.07) is 12.7. The van der Waals surface area contributed by atoms with Gasteiger partial charge in [-0.05, 0) is 62.0 Å². The number of benzene rings is 1. The van der Waals surface area contributed by atoms with E-state index in [1.54, 1.807) is 11.3 Å². The minimum absolute atomic E-state index is 0.0672. The number of carbonyl (C=O) groups excluding carboxylic acids is 1. The summed E-state index contributed by atoms with van der Waals surface area (Å²) in [6.45, 7) is 6.38. The Hall–Kier alpha value is -1.89. The molecule has 27 heavy (non-hydrogen) atoms. The minimum Gasteiger partial charge on any atom is -0.378 e. The average molecular weight is 386 g/mol. The van der Waals surface area contributed by atoms with Crippen LogP contribution in [0.4, 0.5) is 11.4 Å². The van der Waals surface area contributed by atoms with Crippen molar-refractivity contribution < 1.29 is 9.53 Å².